The van der Waals surface area contributed by atoms with Gasteiger partial charge in [-0.05, 0) is 32.1 Å². The van der Waals surface area contributed by atoms with Crippen LogP contribution in [0, 0.1) is 5.92 Å². The molecule has 1 aliphatic rings. The first-order valence-corrected chi connectivity index (χ1v) is 8.28. The van der Waals surface area contributed by atoms with Crippen LogP contribution in [0.1, 0.15) is 51.9 Å². The quantitative estimate of drug-likeness (QED) is 0.742. The van der Waals surface area contributed by atoms with Gasteiger partial charge in [0.2, 0.25) is 10.0 Å². The number of rotatable bonds is 7. The summed E-state index contributed by atoms with van der Waals surface area (Å²) >= 11 is 0. The molecule has 0 aliphatic heterocycles. The van der Waals surface area contributed by atoms with E-state index < -0.39 is 16.0 Å². The summed E-state index contributed by atoms with van der Waals surface area (Å²) in [6.07, 6.45) is 5.83. The van der Waals surface area contributed by atoms with Crippen LogP contribution in [0.5, 0.6) is 0 Å². The molecule has 5 nitrogen and oxygen atoms in total. The SMILES string of the molecule is C[C@@H](NS(=O)(=O)CCCC(=O)O)C1CCCCC1. The monoisotopic (exact) mass is 277 g/mol. The van der Waals surface area contributed by atoms with Gasteiger partial charge in [0.15, 0.2) is 0 Å². The van der Waals surface area contributed by atoms with Gasteiger partial charge in [0.05, 0.1) is 5.75 Å². The molecule has 0 saturated heterocycles. The van der Waals surface area contributed by atoms with E-state index in [2.05, 4.69) is 4.72 Å². The standard InChI is InChI=1S/C12H23NO4S/c1-10(11-6-3-2-4-7-11)13-18(16,17)9-5-8-12(14)15/h10-11,13H,2-9H2,1H3,(H,14,15)/t10-/m1/s1. The molecule has 0 aromatic rings. The van der Waals surface area contributed by atoms with Gasteiger partial charge >= 0.3 is 5.97 Å². The van der Waals surface area contributed by atoms with E-state index in [0.29, 0.717) is 5.92 Å². The molecule has 0 aromatic heterocycles. The van der Waals surface area contributed by atoms with Crippen LogP contribution in [0.15, 0.2) is 0 Å². The van der Waals surface area contributed by atoms with Gasteiger partial charge in [0.1, 0.15) is 0 Å². The summed E-state index contributed by atoms with van der Waals surface area (Å²) in [6, 6.07) is -0.0415. The second-order valence-corrected chi connectivity index (χ2v) is 6.99. The Hall–Kier alpha value is -0.620. The predicted molar refractivity (Wildman–Crippen MR) is 69.8 cm³/mol. The number of hydrogen-bond donors (Lipinski definition) is 2. The number of aliphatic carboxylic acids is 1. The van der Waals surface area contributed by atoms with Crippen molar-refractivity contribution in [1.29, 1.82) is 0 Å². The summed E-state index contributed by atoms with van der Waals surface area (Å²) in [5, 5.41) is 8.48. The normalized spacial score (nSPS) is 19.6. The second kappa shape index (κ2) is 7.09. The fourth-order valence-electron chi connectivity index (χ4n) is 2.49. The lowest BCUT2D eigenvalue weighted by molar-refractivity contribution is -0.137. The van der Waals surface area contributed by atoms with Crippen molar-refractivity contribution in [2.75, 3.05) is 5.75 Å². The summed E-state index contributed by atoms with van der Waals surface area (Å²) < 4.78 is 26.2. The van der Waals surface area contributed by atoms with Gasteiger partial charge in [-0.15, -0.1) is 0 Å². The summed E-state index contributed by atoms with van der Waals surface area (Å²) in [7, 11) is -3.34. The summed E-state index contributed by atoms with van der Waals surface area (Å²) in [4.78, 5) is 10.3. The molecular formula is C12H23NO4S. The Kier molecular flexibility index (Phi) is 6.08. The van der Waals surface area contributed by atoms with Gasteiger partial charge < -0.3 is 5.11 Å². The van der Waals surface area contributed by atoms with E-state index in [-0.39, 0.29) is 24.6 Å². The minimum atomic E-state index is -3.34. The molecule has 0 amide bonds. The average Bonchev–Trinajstić information content (AvgIpc) is 2.28. The molecule has 106 valence electrons. The van der Waals surface area contributed by atoms with E-state index in [1.165, 1.54) is 19.3 Å². The Bertz CT molecular complexity index is 360. The van der Waals surface area contributed by atoms with Crippen LogP contribution in [0.4, 0.5) is 0 Å². The Morgan fingerprint density at radius 1 is 1.33 bits per heavy atom. The van der Waals surface area contributed by atoms with Gasteiger partial charge in [0.25, 0.3) is 0 Å². The Morgan fingerprint density at radius 3 is 2.50 bits per heavy atom. The lowest BCUT2D eigenvalue weighted by Crippen LogP contribution is -2.40. The first-order valence-electron chi connectivity index (χ1n) is 6.62. The maximum atomic E-state index is 11.8. The highest BCUT2D eigenvalue weighted by Gasteiger charge is 2.23. The van der Waals surface area contributed by atoms with Crippen LogP contribution < -0.4 is 4.72 Å². The molecule has 1 fully saturated rings. The highest BCUT2D eigenvalue weighted by Crippen LogP contribution is 2.26. The van der Waals surface area contributed by atoms with E-state index in [4.69, 9.17) is 5.11 Å². The highest BCUT2D eigenvalue weighted by molar-refractivity contribution is 7.89. The average molecular weight is 277 g/mol. The zero-order valence-electron chi connectivity index (χ0n) is 10.9. The third-order valence-corrected chi connectivity index (χ3v) is 5.08. The molecule has 6 heteroatoms. The minimum absolute atomic E-state index is 0.0415. The predicted octanol–water partition coefficient (Wildman–Crippen LogP) is 1.74. The summed E-state index contributed by atoms with van der Waals surface area (Å²) in [5.41, 5.74) is 0. The van der Waals surface area contributed by atoms with Crippen molar-refractivity contribution in [2.45, 2.75) is 57.9 Å². The Balaban J connectivity index is 2.36. The van der Waals surface area contributed by atoms with Crippen LogP contribution in [0.2, 0.25) is 0 Å². The summed E-state index contributed by atoms with van der Waals surface area (Å²) in [5.74, 6) is -0.630. The van der Waals surface area contributed by atoms with E-state index in [0.717, 1.165) is 12.8 Å². The van der Waals surface area contributed by atoms with E-state index in [1.54, 1.807) is 0 Å². The maximum absolute atomic E-state index is 11.8. The molecule has 0 aromatic carbocycles. The molecule has 0 unspecified atom stereocenters. The number of nitrogens with one attached hydrogen (secondary N) is 1. The molecule has 0 spiro atoms. The van der Waals surface area contributed by atoms with Crippen LogP contribution in [0.25, 0.3) is 0 Å². The van der Waals surface area contributed by atoms with Crippen molar-refractivity contribution in [3.63, 3.8) is 0 Å². The van der Waals surface area contributed by atoms with Gasteiger partial charge in [-0.25, -0.2) is 13.1 Å². The minimum Gasteiger partial charge on any atom is -0.481 e. The topological polar surface area (TPSA) is 83.5 Å². The second-order valence-electron chi connectivity index (χ2n) is 5.12. The Labute approximate surface area is 109 Å². The van der Waals surface area contributed by atoms with Gasteiger partial charge in [0, 0.05) is 12.5 Å². The van der Waals surface area contributed by atoms with E-state index in [1.807, 2.05) is 6.92 Å². The molecule has 1 aliphatic carbocycles. The van der Waals surface area contributed by atoms with Crippen LogP contribution in [-0.2, 0) is 14.8 Å². The molecule has 2 N–H and O–H groups in total. The fourth-order valence-corrected chi connectivity index (χ4v) is 3.89. The largest absolute Gasteiger partial charge is 0.481 e. The van der Waals surface area contributed by atoms with Gasteiger partial charge in [-0.2, -0.15) is 0 Å². The molecule has 0 bridgehead atoms. The smallest absolute Gasteiger partial charge is 0.303 e. The van der Waals surface area contributed by atoms with E-state index in [9.17, 15) is 13.2 Å². The van der Waals surface area contributed by atoms with Crippen LogP contribution in [-0.4, -0.2) is 31.3 Å². The number of carboxylic acids is 1. The molecule has 1 atom stereocenters. The van der Waals surface area contributed by atoms with Crippen molar-refractivity contribution in [1.82, 2.24) is 4.72 Å². The molecular weight excluding hydrogens is 254 g/mol. The van der Waals surface area contributed by atoms with Crippen molar-refractivity contribution in [3.8, 4) is 0 Å². The van der Waals surface area contributed by atoms with Crippen molar-refractivity contribution < 1.29 is 18.3 Å². The number of carbonyl (C=O) groups is 1. The fraction of sp³-hybridized carbons (Fsp3) is 0.917. The van der Waals surface area contributed by atoms with Gasteiger partial charge in [-0.1, -0.05) is 19.3 Å². The zero-order chi connectivity index (χ0) is 13.6. The molecule has 18 heavy (non-hydrogen) atoms. The highest BCUT2D eigenvalue weighted by atomic mass is 32.2. The van der Waals surface area contributed by atoms with Crippen molar-refractivity contribution in [2.24, 2.45) is 5.92 Å². The lowest BCUT2D eigenvalue weighted by Gasteiger charge is -2.28. The zero-order valence-corrected chi connectivity index (χ0v) is 11.7. The molecule has 0 radical (unpaired) electrons. The third-order valence-electron chi connectivity index (χ3n) is 3.53. The lowest BCUT2D eigenvalue weighted by atomic mass is 9.85. The molecule has 1 saturated carbocycles. The molecule has 0 heterocycles. The number of carboxylic acid groups (broad SMARTS) is 1. The van der Waals surface area contributed by atoms with Crippen molar-refractivity contribution in [3.05, 3.63) is 0 Å². The number of sulfonamides is 1. The maximum Gasteiger partial charge on any atom is 0.303 e. The first-order chi connectivity index (χ1) is 8.41. The third kappa shape index (κ3) is 5.82. The Morgan fingerprint density at radius 2 is 1.94 bits per heavy atom. The van der Waals surface area contributed by atoms with Crippen molar-refractivity contribution >= 4 is 16.0 Å². The summed E-state index contributed by atoms with van der Waals surface area (Å²) in [6.45, 7) is 1.91. The first kappa shape index (κ1) is 15.4. The number of hydrogen-bond acceptors (Lipinski definition) is 3. The van der Waals surface area contributed by atoms with Gasteiger partial charge in [-0.3, -0.25) is 4.79 Å². The van der Waals surface area contributed by atoms with E-state index >= 15 is 0 Å². The molecule has 1 rings (SSSR count). The van der Waals surface area contributed by atoms with Crippen LogP contribution in [0.3, 0.4) is 0 Å². The van der Waals surface area contributed by atoms with Crippen LogP contribution >= 0.6 is 0 Å².